The first kappa shape index (κ1) is 21.5. The van der Waals surface area contributed by atoms with Crippen molar-refractivity contribution < 1.29 is 22.8 Å². The molecule has 0 aromatic heterocycles. The third kappa shape index (κ3) is 5.58. The molecule has 0 saturated carbocycles. The molecule has 0 aliphatic rings. The standard InChI is InChI=1S/C21H23F3N2O2/c1-20(2,3)15-10-6-14(7-11-15)19(28)26-17(18(25)27)12-13-4-8-16(9-5-13)21(22,23)24/h4-11,17H,12H2,1-3H3,(H2,25,27)(H,26,28)/t17-/m0/s1. The number of carbonyl (C=O) groups is 2. The summed E-state index contributed by atoms with van der Waals surface area (Å²) in [5.74, 6) is -1.24. The summed E-state index contributed by atoms with van der Waals surface area (Å²) in [5.41, 5.74) is 6.39. The fraction of sp³-hybridized carbons (Fsp3) is 0.333. The molecule has 2 aromatic carbocycles. The van der Waals surface area contributed by atoms with Gasteiger partial charge in [0, 0.05) is 12.0 Å². The first-order valence-electron chi connectivity index (χ1n) is 8.75. The average molecular weight is 392 g/mol. The molecule has 2 amide bonds. The fourth-order valence-electron chi connectivity index (χ4n) is 2.65. The minimum Gasteiger partial charge on any atom is -0.368 e. The van der Waals surface area contributed by atoms with Crippen LogP contribution in [0.3, 0.4) is 0 Å². The number of benzene rings is 2. The predicted octanol–water partition coefficient (Wildman–Crippen LogP) is 3.83. The lowest BCUT2D eigenvalue weighted by atomic mass is 9.86. The van der Waals surface area contributed by atoms with Crippen LogP contribution >= 0.6 is 0 Å². The molecule has 2 rings (SSSR count). The SMILES string of the molecule is CC(C)(C)c1ccc(C(=O)N[C@@H](Cc2ccc(C(F)(F)F)cc2)C(N)=O)cc1. The molecule has 150 valence electrons. The monoisotopic (exact) mass is 392 g/mol. The van der Waals surface area contributed by atoms with Crippen LogP contribution in [0.15, 0.2) is 48.5 Å². The van der Waals surface area contributed by atoms with Gasteiger partial charge in [0.1, 0.15) is 6.04 Å². The van der Waals surface area contributed by atoms with Crippen LogP contribution in [0.1, 0.15) is 47.8 Å². The number of nitrogens with one attached hydrogen (secondary N) is 1. The molecule has 1 atom stereocenters. The van der Waals surface area contributed by atoms with Crippen molar-refractivity contribution in [1.82, 2.24) is 5.32 Å². The van der Waals surface area contributed by atoms with Crippen LogP contribution in [0, 0.1) is 0 Å². The van der Waals surface area contributed by atoms with Gasteiger partial charge < -0.3 is 11.1 Å². The van der Waals surface area contributed by atoms with Crippen molar-refractivity contribution in [1.29, 1.82) is 0 Å². The molecule has 0 spiro atoms. The van der Waals surface area contributed by atoms with E-state index in [0.717, 1.165) is 17.7 Å². The molecule has 28 heavy (non-hydrogen) atoms. The zero-order chi connectivity index (χ0) is 21.1. The molecule has 2 aromatic rings. The Kier molecular flexibility index (Phi) is 6.17. The van der Waals surface area contributed by atoms with Gasteiger partial charge in [-0.25, -0.2) is 0 Å². The Morgan fingerprint density at radius 1 is 0.929 bits per heavy atom. The highest BCUT2D eigenvalue weighted by molar-refractivity contribution is 5.97. The van der Waals surface area contributed by atoms with Crippen molar-refractivity contribution in [3.05, 3.63) is 70.8 Å². The number of halogens is 3. The highest BCUT2D eigenvalue weighted by atomic mass is 19.4. The maximum absolute atomic E-state index is 12.6. The van der Waals surface area contributed by atoms with Gasteiger partial charge in [-0.3, -0.25) is 9.59 Å². The largest absolute Gasteiger partial charge is 0.416 e. The molecule has 7 heteroatoms. The van der Waals surface area contributed by atoms with Crippen molar-refractivity contribution in [2.75, 3.05) is 0 Å². The molecule has 0 aliphatic carbocycles. The topological polar surface area (TPSA) is 72.2 Å². The molecule has 0 saturated heterocycles. The highest BCUT2D eigenvalue weighted by Crippen LogP contribution is 2.29. The molecular weight excluding hydrogens is 369 g/mol. The van der Waals surface area contributed by atoms with Crippen LogP contribution < -0.4 is 11.1 Å². The Hall–Kier alpha value is -2.83. The van der Waals surface area contributed by atoms with Crippen LogP contribution in [0.5, 0.6) is 0 Å². The zero-order valence-electron chi connectivity index (χ0n) is 15.9. The summed E-state index contributed by atoms with van der Waals surface area (Å²) < 4.78 is 37.9. The quantitative estimate of drug-likeness (QED) is 0.812. The number of amides is 2. The second-order valence-corrected chi connectivity index (χ2v) is 7.65. The molecular formula is C21H23F3N2O2. The molecule has 0 unspecified atom stereocenters. The number of hydrogen-bond acceptors (Lipinski definition) is 2. The highest BCUT2D eigenvalue weighted by Gasteiger charge is 2.30. The van der Waals surface area contributed by atoms with Crippen molar-refractivity contribution in [3.8, 4) is 0 Å². The number of carbonyl (C=O) groups excluding carboxylic acids is 2. The van der Waals surface area contributed by atoms with Crippen LogP contribution in [0.2, 0.25) is 0 Å². The zero-order valence-corrected chi connectivity index (χ0v) is 15.9. The van der Waals surface area contributed by atoms with Crippen LogP contribution in [0.4, 0.5) is 13.2 Å². The van der Waals surface area contributed by atoms with Gasteiger partial charge in [-0.2, -0.15) is 13.2 Å². The number of hydrogen-bond donors (Lipinski definition) is 2. The Bertz CT molecular complexity index is 836. The van der Waals surface area contributed by atoms with Gasteiger partial charge in [-0.05, 0) is 40.8 Å². The predicted molar refractivity (Wildman–Crippen MR) is 101 cm³/mol. The van der Waals surface area contributed by atoms with Crippen molar-refractivity contribution in [3.63, 3.8) is 0 Å². The van der Waals surface area contributed by atoms with Crippen LogP contribution in [-0.2, 0) is 22.8 Å². The number of primary amides is 1. The van der Waals surface area contributed by atoms with Crippen LogP contribution in [0.25, 0.3) is 0 Å². The molecule has 3 N–H and O–H groups in total. The first-order chi connectivity index (χ1) is 12.9. The van der Waals surface area contributed by atoms with Gasteiger partial charge in [-0.1, -0.05) is 45.0 Å². The Morgan fingerprint density at radius 3 is 1.86 bits per heavy atom. The van der Waals surface area contributed by atoms with Crippen molar-refractivity contribution in [2.45, 2.75) is 44.8 Å². The van der Waals surface area contributed by atoms with E-state index in [0.29, 0.717) is 11.1 Å². The number of alkyl halides is 3. The summed E-state index contributed by atoms with van der Waals surface area (Å²) in [7, 11) is 0. The van der Waals surface area contributed by atoms with E-state index in [1.165, 1.54) is 12.1 Å². The second kappa shape index (κ2) is 8.04. The van der Waals surface area contributed by atoms with Crippen molar-refractivity contribution >= 4 is 11.8 Å². The fourth-order valence-corrected chi connectivity index (χ4v) is 2.65. The third-order valence-electron chi connectivity index (χ3n) is 4.38. The summed E-state index contributed by atoms with van der Waals surface area (Å²) in [5, 5.41) is 2.55. The molecule has 0 fully saturated rings. The van der Waals surface area contributed by atoms with E-state index in [1.54, 1.807) is 12.1 Å². The second-order valence-electron chi connectivity index (χ2n) is 7.65. The van der Waals surface area contributed by atoms with E-state index >= 15 is 0 Å². The minimum absolute atomic E-state index is 0.000709. The van der Waals surface area contributed by atoms with E-state index in [9.17, 15) is 22.8 Å². The maximum atomic E-state index is 12.6. The maximum Gasteiger partial charge on any atom is 0.416 e. The van der Waals surface area contributed by atoms with E-state index in [2.05, 4.69) is 26.1 Å². The van der Waals surface area contributed by atoms with Gasteiger partial charge in [0.05, 0.1) is 5.56 Å². The van der Waals surface area contributed by atoms with Crippen LogP contribution in [-0.4, -0.2) is 17.9 Å². The van der Waals surface area contributed by atoms with E-state index in [-0.39, 0.29) is 11.8 Å². The smallest absolute Gasteiger partial charge is 0.368 e. The summed E-state index contributed by atoms with van der Waals surface area (Å²) >= 11 is 0. The molecule has 0 aliphatic heterocycles. The molecule has 0 radical (unpaired) electrons. The molecule has 0 heterocycles. The minimum atomic E-state index is -4.44. The summed E-state index contributed by atoms with van der Waals surface area (Å²) in [4.78, 5) is 24.1. The average Bonchev–Trinajstić information content (AvgIpc) is 2.60. The Morgan fingerprint density at radius 2 is 1.43 bits per heavy atom. The van der Waals surface area contributed by atoms with Gasteiger partial charge in [0.15, 0.2) is 0 Å². The summed E-state index contributed by atoms with van der Waals surface area (Å²) in [6.45, 7) is 6.15. The lowest BCUT2D eigenvalue weighted by Gasteiger charge is -2.20. The van der Waals surface area contributed by atoms with Gasteiger partial charge in [-0.15, -0.1) is 0 Å². The van der Waals surface area contributed by atoms with Gasteiger partial charge >= 0.3 is 6.18 Å². The van der Waals surface area contributed by atoms with E-state index in [1.807, 2.05) is 12.1 Å². The third-order valence-corrected chi connectivity index (χ3v) is 4.38. The van der Waals surface area contributed by atoms with Gasteiger partial charge in [0.2, 0.25) is 5.91 Å². The van der Waals surface area contributed by atoms with Crippen molar-refractivity contribution in [2.24, 2.45) is 5.73 Å². The van der Waals surface area contributed by atoms with E-state index in [4.69, 9.17) is 5.73 Å². The Labute approximate surface area is 161 Å². The van der Waals surface area contributed by atoms with Gasteiger partial charge in [0.25, 0.3) is 5.91 Å². The molecule has 0 bridgehead atoms. The number of rotatable bonds is 5. The Balaban J connectivity index is 2.10. The number of nitrogens with two attached hydrogens (primary N) is 1. The summed E-state index contributed by atoms with van der Waals surface area (Å²) in [6, 6.07) is 10.4. The lowest BCUT2D eigenvalue weighted by Crippen LogP contribution is -2.45. The first-order valence-corrected chi connectivity index (χ1v) is 8.75. The lowest BCUT2D eigenvalue weighted by molar-refractivity contribution is -0.137. The summed E-state index contributed by atoms with van der Waals surface area (Å²) in [6.07, 6.45) is -4.44. The normalized spacial score (nSPS) is 13.1. The molecule has 4 nitrogen and oxygen atoms in total. The van der Waals surface area contributed by atoms with E-state index < -0.39 is 29.6 Å².